The summed E-state index contributed by atoms with van der Waals surface area (Å²) in [5.74, 6) is -1.59. The van der Waals surface area contributed by atoms with Crippen molar-refractivity contribution in [3.8, 4) is 5.75 Å². The van der Waals surface area contributed by atoms with Crippen LogP contribution in [0.4, 0.5) is 4.39 Å². The highest BCUT2D eigenvalue weighted by atomic mass is 19.1. The first-order valence-electron chi connectivity index (χ1n) is 6.48. The Morgan fingerprint density at radius 3 is 2.79 bits per heavy atom. The minimum atomic E-state index is -1.30. The maximum atomic E-state index is 13.5. The summed E-state index contributed by atoms with van der Waals surface area (Å²) in [6.07, 6.45) is 1.85. The molecule has 1 heterocycles. The summed E-state index contributed by atoms with van der Waals surface area (Å²) in [5.41, 5.74) is -0.386. The third kappa shape index (κ3) is 3.23. The molecule has 5 heteroatoms. The molecule has 0 aromatic heterocycles. The van der Waals surface area contributed by atoms with Crippen molar-refractivity contribution in [2.24, 2.45) is 5.92 Å². The van der Waals surface area contributed by atoms with E-state index in [9.17, 15) is 9.18 Å². The van der Waals surface area contributed by atoms with Crippen LogP contribution < -0.4 is 10.1 Å². The molecule has 0 bridgehead atoms. The molecule has 0 amide bonds. The molecule has 0 spiro atoms. The van der Waals surface area contributed by atoms with E-state index < -0.39 is 11.8 Å². The maximum Gasteiger partial charge on any atom is 0.342 e. The van der Waals surface area contributed by atoms with Crippen LogP contribution in [0, 0.1) is 11.7 Å². The van der Waals surface area contributed by atoms with Crippen molar-refractivity contribution < 1.29 is 19.0 Å². The molecular formula is C14H18FNO3. The van der Waals surface area contributed by atoms with Crippen molar-refractivity contribution >= 4 is 5.97 Å². The van der Waals surface area contributed by atoms with Gasteiger partial charge in [0.2, 0.25) is 0 Å². The van der Waals surface area contributed by atoms with E-state index in [2.05, 4.69) is 5.32 Å². The van der Waals surface area contributed by atoms with Crippen molar-refractivity contribution in [3.63, 3.8) is 0 Å². The van der Waals surface area contributed by atoms with Gasteiger partial charge in [0.15, 0.2) is 0 Å². The summed E-state index contributed by atoms with van der Waals surface area (Å²) < 4.78 is 19.2. The van der Waals surface area contributed by atoms with Crippen LogP contribution in [0.1, 0.15) is 30.1 Å². The predicted octanol–water partition coefficient (Wildman–Crippen LogP) is 2.29. The number of halogens is 1. The monoisotopic (exact) mass is 267 g/mol. The summed E-state index contributed by atoms with van der Waals surface area (Å²) in [4.78, 5) is 11.1. The topological polar surface area (TPSA) is 58.6 Å². The number of carboxylic acid groups (broad SMARTS) is 1. The van der Waals surface area contributed by atoms with Crippen molar-refractivity contribution in [3.05, 3.63) is 29.6 Å². The molecule has 1 saturated heterocycles. The van der Waals surface area contributed by atoms with Gasteiger partial charge < -0.3 is 15.2 Å². The van der Waals surface area contributed by atoms with Crippen molar-refractivity contribution in [1.29, 1.82) is 0 Å². The minimum absolute atomic E-state index is 0.110. The van der Waals surface area contributed by atoms with Crippen LogP contribution in [-0.4, -0.2) is 30.3 Å². The number of aromatic carboxylic acids is 1. The van der Waals surface area contributed by atoms with Gasteiger partial charge in [-0.05, 0) is 50.9 Å². The van der Waals surface area contributed by atoms with Gasteiger partial charge in [-0.2, -0.15) is 0 Å². The summed E-state index contributed by atoms with van der Waals surface area (Å²) in [5, 5.41) is 12.3. The Morgan fingerprint density at radius 2 is 2.16 bits per heavy atom. The maximum absolute atomic E-state index is 13.5. The molecule has 104 valence electrons. The van der Waals surface area contributed by atoms with Crippen LogP contribution in [0.25, 0.3) is 0 Å². The van der Waals surface area contributed by atoms with Gasteiger partial charge in [-0.3, -0.25) is 0 Å². The second kappa shape index (κ2) is 6.02. The molecular weight excluding hydrogens is 249 g/mol. The number of piperidine rings is 1. The molecule has 2 rings (SSSR count). The number of benzene rings is 1. The molecule has 19 heavy (non-hydrogen) atoms. The zero-order valence-electron chi connectivity index (χ0n) is 10.9. The number of ether oxygens (including phenoxy) is 1. The Kier molecular flexibility index (Phi) is 4.37. The average Bonchev–Trinajstić information content (AvgIpc) is 2.39. The van der Waals surface area contributed by atoms with Gasteiger partial charge in [0.1, 0.15) is 17.1 Å². The van der Waals surface area contributed by atoms with Gasteiger partial charge >= 0.3 is 5.97 Å². The fourth-order valence-corrected chi connectivity index (χ4v) is 2.42. The lowest BCUT2D eigenvalue weighted by Gasteiger charge is -2.29. The normalized spacial score (nSPS) is 18.0. The highest BCUT2D eigenvalue weighted by molar-refractivity contribution is 5.91. The highest BCUT2D eigenvalue weighted by Gasteiger charge is 2.24. The van der Waals surface area contributed by atoms with Crippen LogP contribution in [0.15, 0.2) is 18.2 Å². The molecule has 0 aliphatic carbocycles. The zero-order valence-corrected chi connectivity index (χ0v) is 10.9. The molecule has 1 aliphatic heterocycles. The standard InChI is InChI=1S/C14H18FNO3/c1-9(10-5-7-16-8-6-10)19-12-4-2-3-11(15)13(12)14(17)18/h2-4,9-10,16H,5-8H2,1H3,(H,17,18). The summed E-state index contributed by atoms with van der Waals surface area (Å²) in [6.45, 7) is 3.78. The first-order valence-corrected chi connectivity index (χ1v) is 6.48. The fourth-order valence-electron chi connectivity index (χ4n) is 2.42. The van der Waals surface area contributed by atoms with Crippen molar-refractivity contribution in [1.82, 2.24) is 5.32 Å². The van der Waals surface area contributed by atoms with E-state index >= 15 is 0 Å². The lowest BCUT2D eigenvalue weighted by Crippen LogP contribution is -2.35. The van der Waals surface area contributed by atoms with E-state index in [0.717, 1.165) is 32.0 Å². The van der Waals surface area contributed by atoms with Crippen molar-refractivity contribution in [2.45, 2.75) is 25.9 Å². The molecule has 1 aromatic rings. The van der Waals surface area contributed by atoms with E-state index in [-0.39, 0.29) is 17.4 Å². The quantitative estimate of drug-likeness (QED) is 0.878. The minimum Gasteiger partial charge on any atom is -0.489 e. The van der Waals surface area contributed by atoms with Gasteiger partial charge in [0.05, 0.1) is 6.10 Å². The second-order valence-corrected chi connectivity index (χ2v) is 4.83. The van der Waals surface area contributed by atoms with Crippen LogP contribution in [-0.2, 0) is 0 Å². The van der Waals surface area contributed by atoms with E-state index in [1.54, 1.807) is 0 Å². The molecule has 1 aliphatic rings. The fraction of sp³-hybridized carbons (Fsp3) is 0.500. The number of hydrogen-bond donors (Lipinski definition) is 2. The number of nitrogens with one attached hydrogen (secondary N) is 1. The Bertz CT molecular complexity index is 458. The van der Waals surface area contributed by atoms with E-state index in [1.807, 2.05) is 6.92 Å². The summed E-state index contributed by atoms with van der Waals surface area (Å²) in [7, 11) is 0. The lowest BCUT2D eigenvalue weighted by molar-refractivity contribution is 0.0676. The van der Waals surface area contributed by atoms with Crippen LogP contribution >= 0.6 is 0 Å². The molecule has 1 fully saturated rings. The Labute approximate surface area is 111 Å². The molecule has 4 nitrogen and oxygen atoms in total. The van der Waals surface area contributed by atoms with E-state index in [4.69, 9.17) is 9.84 Å². The number of hydrogen-bond acceptors (Lipinski definition) is 3. The van der Waals surface area contributed by atoms with Crippen LogP contribution in [0.3, 0.4) is 0 Å². The second-order valence-electron chi connectivity index (χ2n) is 4.83. The van der Waals surface area contributed by atoms with Crippen molar-refractivity contribution in [2.75, 3.05) is 13.1 Å². The number of carbonyl (C=O) groups is 1. The van der Waals surface area contributed by atoms with E-state index in [0.29, 0.717) is 5.92 Å². The largest absolute Gasteiger partial charge is 0.489 e. The van der Waals surface area contributed by atoms with Crippen LogP contribution in [0.2, 0.25) is 0 Å². The Morgan fingerprint density at radius 1 is 1.47 bits per heavy atom. The first-order chi connectivity index (χ1) is 9.09. The Hall–Kier alpha value is -1.62. The Balaban J connectivity index is 2.14. The van der Waals surface area contributed by atoms with Gasteiger partial charge in [0, 0.05) is 0 Å². The van der Waals surface area contributed by atoms with E-state index in [1.165, 1.54) is 12.1 Å². The van der Waals surface area contributed by atoms with Gasteiger partial charge in [-0.15, -0.1) is 0 Å². The highest BCUT2D eigenvalue weighted by Crippen LogP contribution is 2.26. The molecule has 1 unspecified atom stereocenters. The third-order valence-corrected chi connectivity index (χ3v) is 3.55. The number of carboxylic acids is 1. The first kappa shape index (κ1) is 13.8. The SMILES string of the molecule is CC(Oc1cccc(F)c1C(=O)O)C1CCNCC1. The molecule has 0 saturated carbocycles. The van der Waals surface area contributed by atoms with Crippen LogP contribution in [0.5, 0.6) is 5.75 Å². The molecule has 1 atom stereocenters. The zero-order chi connectivity index (χ0) is 13.8. The smallest absolute Gasteiger partial charge is 0.342 e. The van der Waals surface area contributed by atoms with Gasteiger partial charge in [0.25, 0.3) is 0 Å². The number of rotatable bonds is 4. The molecule has 2 N–H and O–H groups in total. The van der Waals surface area contributed by atoms with Gasteiger partial charge in [-0.25, -0.2) is 9.18 Å². The average molecular weight is 267 g/mol. The summed E-state index contributed by atoms with van der Waals surface area (Å²) >= 11 is 0. The molecule has 1 aromatic carbocycles. The lowest BCUT2D eigenvalue weighted by atomic mass is 9.93. The van der Waals surface area contributed by atoms with Gasteiger partial charge in [-0.1, -0.05) is 6.07 Å². The predicted molar refractivity (Wildman–Crippen MR) is 69.0 cm³/mol. The molecule has 0 radical (unpaired) electrons. The summed E-state index contributed by atoms with van der Waals surface area (Å²) in [6, 6.07) is 4.10. The third-order valence-electron chi connectivity index (χ3n) is 3.55.